The molecule has 2 aromatic rings. The molecule has 3 heterocycles. The number of rotatable bonds is 6. The molecule has 0 unspecified atom stereocenters. The highest BCUT2D eigenvalue weighted by Gasteiger charge is 2.34. The highest BCUT2D eigenvalue weighted by atomic mass is 19.1. The van der Waals surface area contributed by atoms with Gasteiger partial charge in [0.1, 0.15) is 5.82 Å². The molecule has 1 aromatic carbocycles. The normalized spacial score (nSPS) is 23.5. The molecule has 1 aromatic heterocycles. The van der Waals surface area contributed by atoms with E-state index in [2.05, 4.69) is 20.6 Å². The molecule has 2 saturated heterocycles. The maximum Gasteiger partial charge on any atom is 0.320 e. The van der Waals surface area contributed by atoms with Crippen molar-refractivity contribution in [3.63, 3.8) is 0 Å². The fraction of sp³-hybridized carbons (Fsp3) is 0.560. The standard InChI is InChI=1S/C25H35FN6O2/c1-18(33)32-13-9-21(23(17-32)27-25(34)28-24-10-12-30(2)29-24)16-31-11-3-4-20(15-31)14-19-5-7-22(26)8-6-19/h5-8,10,12,20-21,23H,3-4,9,11,13-17H2,1-2H3,(H2,27,28,29,34)/t20-,21-,23-/m0/s1. The number of anilines is 1. The smallest absolute Gasteiger partial charge is 0.320 e. The van der Waals surface area contributed by atoms with Crippen LogP contribution in [0.1, 0.15) is 31.7 Å². The first-order valence-corrected chi connectivity index (χ1v) is 12.1. The van der Waals surface area contributed by atoms with Crippen molar-refractivity contribution in [1.29, 1.82) is 0 Å². The number of carbonyl (C=O) groups is 2. The second kappa shape index (κ2) is 11.0. The van der Waals surface area contributed by atoms with E-state index in [0.29, 0.717) is 24.8 Å². The van der Waals surface area contributed by atoms with Crippen LogP contribution in [0.2, 0.25) is 0 Å². The Bertz CT molecular complexity index is 978. The molecule has 2 aliphatic rings. The largest absolute Gasteiger partial charge is 0.341 e. The van der Waals surface area contributed by atoms with Gasteiger partial charge in [0.2, 0.25) is 5.91 Å². The van der Waals surface area contributed by atoms with E-state index in [1.165, 1.54) is 24.1 Å². The summed E-state index contributed by atoms with van der Waals surface area (Å²) in [4.78, 5) is 29.0. The molecule has 9 heteroatoms. The van der Waals surface area contributed by atoms with Crippen LogP contribution in [-0.4, -0.2) is 70.3 Å². The molecule has 2 aliphatic heterocycles. The topological polar surface area (TPSA) is 82.5 Å². The minimum absolute atomic E-state index is 0.0349. The molecule has 8 nitrogen and oxygen atoms in total. The van der Waals surface area contributed by atoms with Gasteiger partial charge in [0.25, 0.3) is 0 Å². The summed E-state index contributed by atoms with van der Waals surface area (Å²) in [7, 11) is 1.80. The molecule has 0 saturated carbocycles. The molecule has 0 spiro atoms. The number of carbonyl (C=O) groups excluding carboxylic acids is 2. The Morgan fingerprint density at radius 2 is 1.91 bits per heavy atom. The van der Waals surface area contributed by atoms with Gasteiger partial charge in [-0.1, -0.05) is 12.1 Å². The van der Waals surface area contributed by atoms with E-state index in [9.17, 15) is 14.0 Å². The van der Waals surface area contributed by atoms with Gasteiger partial charge in [-0.2, -0.15) is 5.10 Å². The van der Waals surface area contributed by atoms with Crippen molar-refractivity contribution >= 4 is 17.8 Å². The van der Waals surface area contributed by atoms with Gasteiger partial charge in [0, 0.05) is 52.4 Å². The minimum atomic E-state index is -0.299. The van der Waals surface area contributed by atoms with Gasteiger partial charge in [0.15, 0.2) is 5.82 Å². The molecule has 3 atom stereocenters. The first-order valence-electron chi connectivity index (χ1n) is 12.1. The van der Waals surface area contributed by atoms with Gasteiger partial charge in [-0.15, -0.1) is 0 Å². The van der Waals surface area contributed by atoms with Gasteiger partial charge in [-0.3, -0.25) is 14.8 Å². The van der Waals surface area contributed by atoms with E-state index >= 15 is 0 Å². The third kappa shape index (κ3) is 6.56. The van der Waals surface area contributed by atoms with Crippen LogP contribution in [0.15, 0.2) is 36.5 Å². The summed E-state index contributed by atoms with van der Waals surface area (Å²) in [5.41, 5.74) is 1.17. The summed E-state index contributed by atoms with van der Waals surface area (Å²) in [6.07, 6.45) is 5.89. The van der Waals surface area contributed by atoms with E-state index in [1.54, 1.807) is 30.9 Å². The van der Waals surface area contributed by atoms with Gasteiger partial charge in [0.05, 0.1) is 6.04 Å². The monoisotopic (exact) mass is 470 g/mol. The fourth-order valence-electron chi connectivity index (χ4n) is 5.24. The van der Waals surface area contributed by atoms with Gasteiger partial charge in [-0.25, -0.2) is 9.18 Å². The van der Waals surface area contributed by atoms with E-state index in [1.807, 2.05) is 17.0 Å². The average Bonchev–Trinajstić information content (AvgIpc) is 3.21. The lowest BCUT2D eigenvalue weighted by Gasteiger charge is -2.42. The number of amides is 3. The molecular formula is C25H35FN6O2. The number of hydrogen-bond acceptors (Lipinski definition) is 4. The zero-order chi connectivity index (χ0) is 24.1. The molecule has 4 rings (SSSR count). The predicted octanol–water partition coefficient (Wildman–Crippen LogP) is 2.87. The van der Waals surface area contributed by atoms with Crippen LogP contribution >= 0.6 is 0 Å². The molecule has 0 aliphatic carbocycles. The van der Waals surface area contributed by atoms with Crippen LogP contribution in [0.4, 0.5) is 15.0 Å². The van der Waals surface area contributed by atoms with Crippen LogP contribution in [0.3, 0.4) is 0 Å². The van der Waals surface area contributed by atoms with E-state index in [-0.39, 0.29) is 29.7 Å². The highest BCUT2D eigenvalue weighted by molar-refractivity contribution is 5.88. The van der Waals surface area contributed by atoms with Crippen molar-refractivity contribution in [1.82, 2.24) is 24.9 Å². The maximum absolute atomic E-state index is 13.2. The van der Waals surface area contributed by atoms with Crippen molar-refractivity contribution in [3.05, 3.63) is 47.9 Å². The molecule has 2 N–H and O–H groups in total. The Kier molecular flexibility index (Phi) is 7.82. The number of piperidine rings is 2. The lowest BCUT2D eigenvalue weighted by atomic mass is 9.87. The molecule has 34 heavy (non-hydrogen) atoms. The number of nitrogens with one attached hydrogen (secondary N) is 2. The number of halogens is 1. The van der Waals surface area contributed by atoms with Gasteiger partial charge >= 0.3 is 6.03 Å². The van der Waals surface area contributed by atoms with Gasteiger partial charge < -0.3 is 15.1 Å². The van der Waals surface area contributed by atoms with Gasteiger partial charge in [-0.05, 0) is 61.8 Å². The summed E-state index contributed by atoms with van der Waals surface area (Å²) >= 11 is 0. The molecule has 184 valence electrons. The van der Waals surface area contributed by atoms with E-state index in [4.69, 9.17) is 0 Å². The van der Waals surface area contributed by atoms with Crippen LogP contribution in [0.5, 0.6) is 0 Å². The zero-order valence-electron chi connectivity index (χ0n) is 20.0. The van der Waals surface area contributed by atoms with Crippen molar-refractivity contribution in [2.24, 2.45) is 18.9 Å². The number of urea groups is 1. The quantitative estimate of drug-likeness (QED) is 0.680. The number of hydrogen-bond donors (Lipinski definition) is 2. The van der Waals surface area contributed by atoms with Crippen molar-refractivity contribution in [3.8, 4) is 0 Å². The Morgan fingerprint density at radius 1 is 1.12 bits per heavy atom. The Morgan fingerprint density at radius 3 is 2.62 bits per heavy atom. The average molecular weight is 471 g/mol. The van der Waals surface area contributed by atoms with Crippen LogP contribution in [-0.2, 0) is 18.3 Å². The van der Waals surface area contributed by atoms with E-state index < -0.39 is 0 Å². The third-order valence-corrected chi connectivity index (χ3v) is 7.01. The molecule has 0 radical (unpaired) electrons. The first-order chi connectivity index (χ1) is 16.4. The summed E-state index contributed by atoms with van der Waals surface area (Å²) in [5.74, 6) is 1.13. The van der Waals surface area contributed by atoms with E-state index in [0.717, 1.165) is 38.9 Å². The summed E-state index contributed by atoms with van der Waals surface area (Å²) in [6.45, 7) is 5.74. The summed E-state index contributed by atoms with van der Waals surface area (Å²) in [6, 6.07) is 8.15. The summed E-state index contributed by atoms with van der Waals surface area (Å²) in [5, 5.41) is 10.1. The second-order valence-corrected chi connectivity index (χ2v) is 9.69. The molecule has 2 fully saturated rings. The Hall–Kier alpha value is -2.94. The lowest BCUT2D eigenvalue weighted by Crippen LogP contribution is -2.57. The van der Waals surface area contributed by atoms with Crippen molar-refractivity contribution < 1.29 is 14.0 Å². The molecule has 3 amide bonds. The number of aromatic nitrogens is 2. The number of likely N-dealkylation sites (tertiary alicyclic amines) is 2. The Labute approximate surface area is 200 Å². The number of aryl methyl sites for hydroxylation is 1. The van der Waals surface area contributed by atoms with Crippen LogP contribution in [0.25, 0.3) is 0 Å². The lowest BCUT2D eigenvalue weighted by molar-refractivity contribution is -0.130. The number of benzene rings is 1. The predicted molar refractivity (Wildman–Crippen MR) is 129 cm³/mol. The third-order valence-electron chi connectivity index (χ3n) is 7.01. The summed E-state index contributed by atoms with van der Waals surface area (Å²) < 4.78 is 14.9. The zero-order valence-corrected chi connectivity index (χ0v) is 20.0. The minimum Gasteiger partial charge on any atom is -0.341 e. The van der Waals surface area contributed by atoms with Crippen LogP contribution in [0, 0.1) is 17.7 Å². The fourth-order valence-corrected chi connectivity index (χ4v) is 5.24. The molecular weight excluding hydrogens is 435 g/mol. The maximum atomic E-state index is 13.2. The second-order valence-electron chi connectivity index (χ2n) is 9.69. The first kappa shape index (κ1) is 24.2. The highest BCUT2D eigenvalue weighted by Crippen LogP contribution is 2.25. The van der Waals surface area contributed by atoms with Crippen molar-refractivity contribution in [2.75, 3.05) is 38.0 Å². The van der Waals surface area contributed by atoms with Crippen molar-refractivity contribution in [2.45, 2.75) is 38.6 Å². The van der Waals surface area contributed by atoms with Crippen LogP contribution < -0.4 is 10.6 Å². The Balaban J connectivity index is 1.36. The number of nitrogens with zero attached hydrogens (tertiary/aromatic N) is 4. The molecule has 0 bridgehead atoms. The SMILES string of the molecule is CC(=O)N1CC[C@@H](CN2CCC[C@@H](Cc3ccc(F)cc3)C2)[C@@H](NC(=O)Nc2ccn(C)n2)C1.